The third-order valence-electron chi connectivity index (χ3n) is 12.1. The van der Waals surface area contributed by atoms with Gasteiger partial charge in [-0.3, -0.25) is 24.4 Å². The summed E-state index contributed by atoms with van der Waals surface area (Å²) < 4.78 is 6.37. The second kappa shape index (κ2) is 15.1. The number of fused-ring (bicyclic) bond motifs is 4. The minimum atomic E-state index is -1.03. The first kappa shape index (κ1) is 35.5. The lowest BCUT2D eigenvalue weighted by Gasteiger charge is -2.44. The number of rotatable bonds is 9. The highest BCUT2D eigenvalue weighted by molar-refractivity contribution is 6.43. The zero-order valence-electron chi connectivity index (χ0n) is 30.6. The van der Waals surface area contributed by atoms with Crippen LogP contribution in [-0.2, 0) is 20.8 Å². The predicted molar refractivity (Wildman–Crippen MR) is 208 cm³/mol. The summed E-state index contributed by atoms with van der Waals surface area (Å²) in [5, 5.41) is 23.5. The minimum absolute atomic E-state index is 0.0299. The summed E-state index contributed by atoms with van der Waals surface area (Å²) in [7, 11) is -1.03. The van der Waals surface area contributed by atoms with E-state index in [-0.39, 0.29) is 35.4 Å². The van der Waals surface area contributed by atoms with Gasteiger partial charge in [0, 0.05) is 37.3 Å². The average molecular weight is 710 g/mol. The molecule has 272 valence electrons. The van der Waals surface area contributed by atoms with Crippen molar-refractivity contribution in [1.82, 2.24) is 14.8 Å². The van der Waals surface area contributed by atoms with E-state index < -0.39 is 25.1 Å². The summed E-state index contributed by atoms with van der Waals surface area (Å²) in [6.07, 6.45) is 7.14. The lowest BCUT2D eigenvalue weighted by molar-refractivity contribution is -0.144. The molecule has 3 fully saturated rings. The zero-order chi connectivity index (χ0) is 36.6. The molecule has 4 aliphatic rings. The van der Waals surface area contributed by atoms with Crippen LogP contribution < -0.4 is 0 Å². The Bertz CT molecular complexity index is 2040. The third kappa shape index (κ3) is 6.98. The van der Waals surface area contributed by atoms with Crippen LogP contribution >= 0.6 is 0 Å². The quantitative estimate of drug-likeness (QED) is 0.106. The number of aromatic hydroxyl groups is 1. The SMILES string of the molecule is CC(C)C1=C2[C@@H](CC/C(=C/c3ccc(O)c4ccccc34)c3ccccn3)OB(O)C[C@@H]2[C@@H]2C(=O)N(C3CCN(Cc4ccccc4)CC3)C(=O)[C@@H]2C1. The topological polar surface area (TPSA) is 103 Å². The van der Waals surface area contributed by atoms with E-state index >= 15 is 0 Å². The number of imide groups is 1. The highest BCUT2D eigenvalue weighted by Crippen LogP contribution is 2.53. The van der Waals surface area contributed by atoms with Gasteiger partial charge in [0.1, 0.15) is 5.75 Å². The molecule has 53 heavy (non-hydrogen) atoms. The first-order valence-electron chi connectivity index (χ1n) is 19.3. The molecule has 8 rings (SSSR count). The summed E-state index contributed by atoms with van der Waals surface area (Å²) in [5.41, 5.74) is 6.42. The van der Waals surface area contributed by atoms with Gasteiger partial charge in [0.05, 0.1) is 23.6 Å². The first-order chi connectivity index (χ1) is 25.8. The Balaban J connectivity index is 1.05. The van der Waals surface area contributed by atoms with E-state index in [2.05, 4.69) is 49.1 Å². The molecule has 0 bridgehead atoms. The van der Waals surface area contributed by atoms with E-state index in [0.717, 1.165) is 65.7 Å². The molecule has 8 nitrogen and oxygen atoms in total. The Hall–Kier alpha value is -4.57. The fourth-order valence-corrected chi connectivity index (χ4v) is 9.54. The van der Waals surface area contributed by atoms with Crippen LogP contribution in [0.2, 0.25) is 6.32 Å². The number of benzene rings is 3. The number of hydrogen-bond acceptors (Lipinski definition) is 7. The van der Waals surface area contributed by atoms with E-state index in [1.54, 1.807) is 17.2 Å². The number of carbonyl (C=O) groups excluding carboxylic acids is 2. The van der Waals surface area contributed by atoms with Crippen molar-refractivity contribution in [3.63, 3.8) is 0 Å². The fourth-order valence-electron chi connectivity index (χ4n) is 9.54. The lowest BCUT2D eigenvalue weighted by Crippen LogP contribution is -2.48. The highest BCUT2D eigenvalue weighted by atomic mass is 16.5. The van der Waals surface area contributed by atoms with Gasteiger partial charge in [-0.2, -0.15) is 0 Å². The smallest absolute Gasteiger partial charge is 0.455 e. The van der Waals surface area contributed by atoms with Crippen LogP contribution in [0.5, 0.6) is 5.75 Å². The number of likely N-dealkylation sites (tertiary alicyclic amines) is 2. The number of aromatic nitrogens is 1. The summed E-state index contributed by atoms with van der Waals surface area (Å²) >= 11 is 0. The van der Waals surface area contributed by atoms with Crippen LogP contribution in [0.15, 0.2) is 102 Å². The molecule has 4 heterocycles. The maximum atomic E-state index is 14.5. The average Bonchev–Trinajstić information content (AvgIpc) is 3.43. The molecule has 3 aromatic carbocycles. The Labute approximate surface area is 312 Å². The summed E-state index contributed by atoms with van der Waals surface area (Å²) in [6.45, 7) is 6.89. The first-order valence-corrected chi connectivity index (χ1v) is 19.3. The molecule has 9 heteroatoms. The van der Waals surface area contributed by atoms with Crippen molar-refractivity contribution in [2.75, 3.05) is 13.1 Å². The van der Waals surface area contributed by atoms with Crippen molar-refractivity contribution in [3.8, 4) is 5.75 Å². The molecule has 0 radical (unpaired) electrons. The second-order valence-electron chi connectivity index (χ2n) is 15.6. The van der Waals surface area contributed by atoms with E-state index in [1.807, 2.05) is 54.6 Å². The Morgan fingerprint density at radius 3 is 2.40 bits per heavy atom. The molecule has 3 aliphatic heterocycles. The second-order valence-corrected chi connectivity index (χ2v) is 15.6. The van der Waals surface area contributed by atoms with Gasteiger partial charge in [0.25, 0.3) is 0 Å². The molecule has 2 amide bonds. The molecule has 4 atom stereocenters. The van der Waals surface area contributed by atoms with Crippen LogP contribution in [0.4, 0.5) is 0 Å². The fraction of sp³-hybridized carbons (Fsp3) is 0.386. The van der Waals surface area contributed by atoms with Crippen molar-refractivity contribution in [1.29, 1.82) is 0 Å². The molecule has 0 saturated carbocycles. The van der Waals surface area contributed by atoms with E-state index in [1.165, 1.54) is 11.1 Å². The van der Waals surface area contributed by atoms with Crippen molar-refractivity contribution in [2.24, 2.45) is 23.7 Å². The molecule has 4 aromatic rings. The van der Waals surface area contributed by atoms with Gasteiger partial charge in [0.2, 0.25) is 11.8 Å². The molecule has 0 unspecified atom stereocenters. The van der Waals surface area contributed by atoms with Gasteiger partial charge >= 0.3 is 7.12 Å². The highest BCUT2D eigenvalue weighted by Gasteiger charge is 2.58. The molecule has 1 aliphatic carbocycles. The number of phenolic OH excluding ortho intramolecular Hbond substituents is 1. The predicted octanol–water partition coefficient (Wildman–Crippen LogP) is 7.38. The van der Waals surface area contributed by atoms with Crippen LogP contribution in [0.3, 0.4) is 0 Å². The van der Waals surface area contributed by atoms with Crippen molar-refractivity contribution >= 4 is 41.4 Å². The van der Waals surface area contributed by atoms with Crippen LogP contribution in [-0.4, -0.2) is 69.1 Å². The summed E-state index contributed by atoms with van der Waals surface area (Å²) in [6, 6.07) is 27.7. The zero-order valence-corrected chi connectivity index (χ0v) is 30.6. The number of piperidine rings is 1. The number of hydrogen-bond donors (Lipinski definition) is 2. The van der Waals surface area contributed by atoms with Gasteiger partial charge in [0.15, 0.2) is 0 Å². The number of allylic oxidation sites excluding steroid dienone is 2. The van der Waals surface area contributed by atoms with Gasteiger partial charge in [-0.1, -0.05) is 86.2 Å². The largest absolute Gasteiger partial charge is 0.507 e. The van der Waals surface area contributed by atoms with Gasteiger partial charge in [-0.05, 0) is 102 Å². The maximum Gasteiger partial charge on any atom is 0.455 e. The lowest BCUT2D eigenvalue weighted by atomic mass is 9.57. The number of nitrogens with zero attached hydrogens (tertiary/aromatic N) is 3. The third-order valence-corrected chi connectivity index (χ3v) is 12.1. The van der Waals surface area contributed by atoms with Crippen molar-refractivity contribution in [3.05, 3.63) is 119 Å². The molecule has 0 spiro atoms. The van der Waals surface area contributed by atoms with Crippen LogP contribution in [0.25, 0.3) is 22.4 Å². The molecule has 3 saturated heterocycles. The monoisotopic (exact) mass is 709 g/mol. The molecular formula is C44H48BN3O5. The number of phenols is 1. The van der Waals surface area contributed by atoms with Gasteiger partial charge in [-0.25, -0.2) is 0 Å². The number of carbonyl (C=O) groups is 2. The number of amides is 2. The Kier molecular flexibility index (Phi) is 10.1. The normalized spacial score (nSPS) is 24.3. The Morgan fingerprint density at radius 1 is 0.925 bits per heavy atom. The standard InChI is InChI=1S/C44H48BN3O5/c1-28(2)35-25-36-42(44(51)48(43(36)50)32-19-22-47(23-20-32)27-29-10-4-3-5-11-29)37-26-45(52)53-40(41(35)37)18-16-31(38-14-8-9-21-46-38)24-30-15-17-39(49)34-13-7-6-12-33(30)34/h3-15,17,21,24,28,32,36-37,40,42,49,52H,16,18-20,22-23,25-27H2,1-2H3/b31-24-/t36-,37+,40-,42-/m1/s1. The van der Waals surface area contributed by atoms with Crippen molar-refractivity contribution in [2.45, 2.75) is 71.0 Å². The van der Waals surface area contributed by atoms with Crippen LogP contribution in [0, 0.1) is 23.7 Å². The Morgan fingerprint density at radius 2 is 1.66 bits per heavy atom. The maximum absolute atomic E-state index is 14.5. The van der Waals surface area contributed by atoms with E-state index in [9.17, 15) is 19.7 Å². The van der Waals surface area contributed by atoms with Crippen molar-refractivity contribution < 1.29 is 24.4 Å². The summed E-state index contributed by atoms with van der Waals surface area (Å²) in [4.78, 5) is 37.5. The molecule has 2 N–H and O–H groups in total. The minimum Gasteiger partial charge on any atom is -0.507 e. The van der Waals surface area contributed by atoms with Crippen LogP contribution in [0.1, 0.15) is 62.8 Å². The van der Waals surface area contributed by atoms with Gasteiger partial charge in [-0.15, -0.1) is 0 Å². The number of pyridine rings is 1. The molecular weight excluding hydrogens is 661 g/mol. The van der Waals surface area contributed by atoms with E-state index in [0.29, 0.717) is 25.6 Å². The van der Waals surface area contributed by atoms with E-state index in [4.69, 9.17) is 9.64 Å². The summed E-state index contributed by atoms with van der Waals surface area (Å²) in [5.74, 6) is -0.800. The van der Waals surface area contributed by atoms with Gasteiger partial charge < -0.3 is 14.8 Å². The molecule has 1 aromatic heterocycles.